The molecule has 174 valence electrons. The number of hydrazine groups is 1. The van der Waals surface area contributed by atoms with Gasteiger partial charge in [-0.15, -0.1) is 0 Å². The van der Waals surface area contributed by atoms with E-state index in [4.69, 9.17) is 30.3 Å². The number of benzene rings is 1. The summed E-state index contributed by atoms with van der Waals surface area (Å²) < 4.78 is 15.3. The van der Waals surface area contributed by atoms with Crippen LogP contribution in [-0.2, 0) is 25.7 Å². The second kappa shape index (κ2) is 12.3. The number of anilines is 1. The first-order valence-corrected chi connectivity index (χ1v) is 9.44. The van der Waals surface area contributed by atoms with Crippen LogP contribution < -0.4 is 17.3 Å². The van der Waals surface area contributed by atoms with E-state index in [1.54, 1.807) is 37.4 Å². The van der Waals surface area contributed by atoms with Crippen molar-refractivity contribution in [3.8, 4) is 0 Å². The molecule has 1 aliphatic rings. The number of aromatic nitrogens is 1. The van der Waals surface area contributed by atoms with Crippen molar-refractivity contribution in [1.82, 2.24) is 16.1 Å². The number of ether oxygens (including phenoxy) is 3. The number of nitrogens with one attached hydrogen (secondary N) is 2. The summed E-state index contributed by atoms with van der Waals surface area (Å²) in [5, 5.41) is 15.9. The molecule has 1 amide bonds. The van der Waals surface area contributed by atoms with Gasteiger partial charge in [0.1, 0.15) is 25.3 Å². The molecule has 7 N–H and O–H groups in total. The van der Waals surface area contributed by atoms with Crippen LogP contribution in [0.4, 0.5) is 10.6 Å². The first-order valence-electron chi connectivity index (χ1n) is 9.44. The zero-order chi connectivity index (χ0) is 22.1. The van der Waals surface area contributed by atoms with E-state index in [2.05, 4.69) is 15.5 Å². The molecule has 0 saturated carbocycles. The number of nitrogens with zero attached hydrogens (tertiary/aromatic N) is 3. The minimum absolute atomic E-state index is 0. The lowest BCUT2D eigenvalue weighted by molar-refractivity contribution is 0.0240. The zero-order valence-corrected chi connectivity index (χ0v) is 17.7. The number of amides is 1. The van der Waals surface area contributed by atoms with E-state index in [0.717, 1.165) is 5.01 Å². The summed E-state index contributed by atoms with van der Waals surface area (Å²) in [7, 11) is 1.54. The number of amidine groups is 1. The molecule has 12 nitrogen and oxygen atoms in total. The average molecular weight is 447 g/mol. The molecule has 0 bridgehead atoms. The Labute approximate surface area is 186 Å². The molecular weight excluding hydrogens is 418 g/mol. The molecule has 1 atom stereocenters. The predicted octanol–water partition coefficient (Wildman–Crippen LogP) is 2.11. The first-order chi connectivity index (χ1) is 15.0. The molecule has 32 heavy (non-hydrogen) atoms. The molecule has 12 heteroatoms. The van der Waals surface area contributed by atoms with Gasteiger partial charge in [-0.25, -0.2) is 15.6 Å². The van der Waals surface area contributed by atoms with Crippen molar-refractivity contribution in [2.45, 2.75) is 12.7 Å². The lowest BCUT2D eigenvalue weighted by Crippen LogP contribution is -2.38. The highest BCUT2D eigenvalue weighted by Gasteiger charge is 2.18. The van der Waals surface area contributed by atoms with E-state index < -0.39 is 6.09 Å². The number of carbonyl (C=O) groups is 1. The van der Waals surface area contributed by atoms with Crippen LogP contribution in [-0.4, -0.2) is 60.8 Å². The van der Waals surface area contributed by atoms with Gasteiger partial charge in [0.15, 0.2) is 18.2 Å². The van der Waals surface area contributed by atoms with Gasteiger partial charge >= 0.3 is 6.09 Å². The Morgan fingerprint density at radius 2 is 2.12 bits per heavy atom. The van der Waals surface area contributed by atoms with E-state index in [-0.39, 0.29) is 45.2 Å². The molecule has 0 spiro atoms. The predicted molar refractivity (Wildman–Crippen MR) is 119 cm³/mol. The SMILES string of the molecule is CN(N)C(=N)/C(=N\OCc1cccc(NC(=O)OCC2COCO2)n1)c1ccccc1.N.[HH]. The largest absolute Gasteiger partial charge is 0.446 e. The average Bonchev–Trinajstić information content (AvgIpc) is 3.29. The normalized spacial score (nSPS) is 15.4. The van der Waals surface area contributed by atoms with Crippen molar-refractivity contribution in [1.29, 1.82) is 5.41 Å². The standard InChI is InChI=1S/C20H24N6O5.H3N.H2/c1-26(22)19(21)18(14-6-3-2-4-7-14)25-31-10-15-8-5-9-17(23-15)24-20(27)29-12-16-11-28-13-30-16;;/h2-9,16,21H,10-13,22H2,1H3,(H,23,24,27);1H3;1H/b21-19?,25-18-;;. The zero-order valence-electron chi connectivity index (χ0n) is 17.7. The van der Waals surface area contributed by atoms with E-state index in [1.807, 2.05) is 18.2 Å². The third kappa shape index (κ3) is 7.28. The molecule has 2 aromatic rings. The van der Waals surface area contributed by atoms with Gasteiger partial charge in [-0.2, -0.15) is 0 Å². The quantitative estimate of drug-likeness (QED) is 0.204. The molecule has 1 aromatic heterocycles. The number of hydrogen-bond acceptors (Lipinski definition) is 10. The van der Waals surface area contributed by atoms with Crippen molar-refractivity contribution in [2.75, 3.05) is 32.4 Å². The highest BCUT2D eigenvalue weighted by atomic mass is 16.7. The lowest BCUT2D eigenvalue weighted by Gasteiger charge is -2.15. The Hall–Kier alpha value is -3.58. The number of rotatable bonds is 8. The van der Waals surface area contributed by atoms with E-state index in [1.165, 1.54) is 0 Å². The number of pyridine rings is 1. The Morgan fingerprint density at radius 1 is 1.34 bits per heavy atom. The monoisotopic (exact) mass is 447 g/mol. The molecule has 2 heterocycles. The summed E-state index contributed by atoms with van der Waals surface area (Å²) in [6.07, 6.45) is -0.911. The fourth-order valence-electron chi connectivity index (χ4n) is 2.57. The van der Waals surface area contributed by atoms with Gasteiger partial charge in [-0.3, -0.25) is 15.7 Å². The van der Waals surface area contributed by atoms with Crippen LogP contribution in [0.5, 0.6) is 0 Å². The van der Waals surface area contributed by atoms with E-state index in [0.29, 0.717) is 23.7 Å². The number of oxime groups is 1. The van der Waals surface area contributed by atoms with Crippen molar-refractivity contribution in [2.24, 2.45) is 11.0 Å². The van der Waals surface area contributed by atoms with Crippen LogP contribution in [0.15, 0.2) is 53.7 Å². The molecule has 1 fully saturated rings. The fraction of sp³-hybridized carbons (Fsp3) is 0.300. The topological polar surface area (TPSA) is 179 Å². The van der Waals surface area contributed by atoms with Gasteiger partial charge in [-0.05, 0) is 12.1 Å². The van der Waals surface area contributed by atoms with Crippen LogP contribution in [0.1, 0.15) is 12.7 Å². The lowest BCUT2D eigenvalue weighted by atomic mass is 10.1. The fourth-order valence-corrected chi connectivity index (χ4v) is 2.57. The van der Waals surface area contributed by atoms with Crippen molar-refractivity contribution >= 4 is 23.5 Å². The Kier molecular flexibility index (Phi) is 9.50. The molecule has 1 unspecified atom stereocenters. The highest BCUT2D eigenvalue weighted by molar-refractivity contribution is 6.46. The smallest absolute Gasteiger partial charge is 0.412 e. The molecule has 1 aromatic carbocycles. The molecule has 3 rings (SSSR count). The van der Waals surface area contributed by atoms with E-state index in [9.17, 15) is 4.79 Å². The van der Waals surface area contributed by atoms with Gasteiger partial charge in [0, 0.05) is 14.0 Å². The molecule has 1 saturated heterocycles. The molecule has 0 aliphatic carbocycles. The number of hydrogen-bond donors (Lipinski definition) is 4. The molecule has 0 radical (unpaired) electrons. The Bertz CT molecular complexity index is 924. The first kappa shape index (κ1) is 24.7. The number of likely N-dealkylation sites (N-methyl/N-ethyl adjacent to an activating group) is 1. The van der Waals surface area contributed by atoms with Gasteiger partial charge in [0.2, 0.25) is 0 Å². The summed E-state index contributed by atoms with van der Waals surface area (Å²) >= 11 is 0. The minimum Gasteiger partial charge on any atom is -0.446 e. The van der Waals surface area contributed by atoms with Gasteiger partial charge in [0.25, 0.3) is 0 Å². The van der Waals surface area contributed by atoms with Gasteiger partial charge in [0.05, 0.1) is 12.3 Å². The second-order valence-corrected chi connectivity index (χ2v) is 6.55. The highest BCUT2D eigenvalue weighted by Crippen LogP contribution is 2.09. The minimum atomic E-state index is -0.648. The van der Waals surface area contributed by atoms with Crippen LogP contribution >= 0.6 is 0 Å². The van der Waals surface area contributed by atoms with Crippen molar-refractivity contribution in [3.63, 3.8) is 0 Å². The maximum Gasteiger partial charge on any atom is 0.412 e. The van der Waals surface area contributed by atoms with Crippen molar-refractivity contribution in [3.05, 3.63) is 59.8 Å². The Morgan fingerprint density at radius 3 is 2.81 bits per heavy atom. The van der Waals surface area contributed by atoms with E-state index >= 15 is 0 Å². The van der Waals surface area contributed by atoms with Crippen LogP contribution in [0.3, 0.4) is 0 Å². The summed E-state index contributed by atoms with van der Waals surface area (Å²) in [5.74, 6) is 5.98. The summed E-state index contributed by atoms with van der Waals surface area (Å²) in [6.45, 7) is 0.707. The third-order valence-electron chi connectivity index (χ3n) is 4.12. The summed E-state index contributed by atoms with van der Waals surface area (Å²) in [4.78, 5) is 21.6. The number of carbonyl (C=O) groups excluding carboxylic acids is 1. The van der Waals surface area contributed by atoms with Crippen LogP contribution in [0.2, 0.25) is 0 Å². The molecular formula is C20H29N7O5. The second-order valence-electron chi connectivity index (χ2n) is 6.55. The number of nitrogens with two attached hydrogens (primary N) is 1. The van der Waals surface area contributed by atoms with Crippen LogP contribution in [0.25, 0.3) is 0 Å². The maximum absolute atomic E-state index is 11.9. The third-order valence-corrected chi connectivity index (χ3v) is 4.12. The van der Waals surface area contributed by atoms with Gasteiger partial charge < -0.3 is 25.2 Å². The summed E-state index contributed by atoms with van der Waals surface area (Å²) in [6, 6.07) is 14.2. The molecule has 1 aliphatic heterocycles. The van der Waals surface area contributed by atoms with Gasteiger partial charge in [-0.1, -0.05) is 41.6 Å². The summed E-state index contributed by atoms with van der Waals surface area (Å²) in [5.41, 5.74) is 1.49. The van der Waals surface area contributed by atoms with Crippen LogP contribution in [0, 0.1) is 5.41 Å². The Balaban J connectivity index is 0.00000272. The van der Waals surface area contributed by atoms with Crippen molar-refractivity contribution < 1.29 is 25.3 Å². The maximum atomic E-state index is 11.9.